The van der Waals surface area contributed by atoms with Gasteiger partial charge in [-0.3, -0.25) is 14.9 Å². The standard InChI is InChI=1S/C16H14N2O6/c1-9-7-10(4-6-13(9)18(22)23)15(20)17-12-5-3-11(8-14(12)19)16(21)24-2/h3-8,19H,1-2H3,(H,17,20). The molecule has 24 heavy (non-hydrogen) atoms. The Morgan fingerprint density at radius 1 is 1.17 bits per heavy atom. The fourth-order valence-electron chi connectivity index (χ4n) is 2.08. The minimum Gasteiger partial charge on any atom is -0.506 e. The van der Waals surface area contributed by atoms with Gasteiger partial charge in [0.25, 0.3) is 11.6 Å². The number of methoxy groups -OCH3 is 1. The summed E-state index contributed by atoms with van der Waals surface area (Å²) in [5.74, 6) is -1.46. The third kappa shape index (κ3) is 3.49. The van der Waals surface area contributed by atoms with E-state index in [-0.39, 0.29) is 28.3 Å². The molecular weight excluding hydrogens is 316 g/mol. The molecule has 1 amide bonds. The number of carbonyl (C=O) groups excluding carboxylic acids is 2. The minimum atomic E-state index is -0.617. The first-order valence-electron chi connectivity index (χ1n) is 6.81. The van der Waals surface area contributed by atoms with Gasteiger partial charge in [0.2, 0.25) is 0 Å². The van der Waals surface area contributed by atoms with Crippen LogP contribution in [0.25, 0.3) is 0 Å². The highest BCUT2D eigenvalue weighted by Crippen LogP contribution is 2.26. The molecule has 8 nitrogen and oxygen atoms in total. The predicted octanol–water partition coefficient (Wildman–Crippen LogP) is 2.65. The Morgan fingerprint density at radius 2 is 1.83 bits per heavy atom. The third-order valence-electron chi connectivity index (χ3n) is 3.32. The molecule has 0 unspecified atom stereocenters. The van der Waals surface area contributed by atoms with Crippen molar-refractivity contribution in [3.8, 4) is 5.75 Å². The van der Waals surface area contributed by atoms with Crippen LogP contribution in [0, 0.1) is 17.0 Å². The molecule has 0 spiro atoms. The molecule has 0 aliphatic rings. The zero-order valence-electron chi connectivity index (χ0n) is 12.9. The summed E-state index contributed by atoms with van der Waals surface area (Å²) in [6, 6.07) is 7.86. The molecule has 0 radical (unpaired) electrons. The smallest absolute Gasteiger partial charge is 0.337 e. The summed E-state index contributed by atoms with van der Waals surface area (Å²) in [6.07, 6.45) is 0. The normalized spacial score (nSPS) is 10.1. The minimum absolute atomic E-state index is 0.0863. The van der Waals surface area contributed by atoms with Crippen LogP contribution < -0.4 is 5.32 Å². The van der Waals surface area contributed by atoms with E-state index in [2.05, 4.69) is 10.1 Å². The highest BCUT2D eigenvalue weighted by molar-refractivity contribution is 6.05. The molecule has 2 aromatic rings. The van der Waals surface area contributed by atoms with Crippen molar-refractivity contribution in [1.29, 1.82) is 0 Å². The van der Waals surface area contributed by atoms with E-state index >= 15 is 0 Å². The number of nitro groups is 1. The van der Waals surface area contributed by atoms with Crippen molar-refractivity contribution in [2.75, 3.05) is 12.4 Å². The Morgan fingerprint density at radius 3 is 2.38 bits per heavy atom. The van der Waals surface area contributed by atoms with E-state index in [4.69, 9.17) is 0 Å². The van der Waals surface area contributed by atoms with Crippen LogP contribution in [0.3, 0.4) is 0 Å². The van der Waals surface area contributed by atoms with Crippen molar-refractivity contribution in [3.63, 3.8) is 0 Å². The summed E-state index contributed by atoms with van der Waals surface area (Å²) >= 11 is 0. The van der Waals surface area contributed by atoms with E-state index < -0.39 is 16.8 Å². The van der Waals surface area contributed by atoms with Gasteiger partial charge in [-0.25, -0.2) is 4.79 Å². The first kappa shape index (κ1) is 16.9. The lowest BCUT2D eigenvalue weighted by molar-refractivity contribution is -0.385. The average Bonchev–Trinajstić information content (AvgIpc) is 2.55. The van der Waals surface area contributed by atoms with Gasteiger partial charge in [-0.2, -0.15) is 0 Å². The number of anilines is 1. The first-order chi connectivity index (χ1) is 11.3. The molecule has 2 aromatic carbocycles. The number of nitro benzene ring substituents is 1. The number of benzene rings is 2. The topological polar surface area (TPSA) is 119 Å². The van der Waals surface area contributed by atoms with E-state index in [0.717, 1.165) is 0 Å². The summed E-state index contributed by atoms with van der Waals surface area (Å²) in [4.78, 5) is 33.8. The first-order valence-corrected chi connectivity index (χ1v) is 6.81. The van der Waals surface area contributed by atoms with Crippen LogP contribution in [0.5, 0.6) is 5.75 Å². The lowest BCUT2D eigenvalue weighted by atomic mass is 10.1. The van der Waals surface area contributed by atoms with Gasteiger partial charge < -0.3 is 15.2 Å². The van der Waals surface area contributed by atoms with Crippen LogP contribution >= 0.6 is 0 Å². The average molecular weight is 330 g/mol. The number of aromatic hydroxyl groups is 1. The molecule has 124 valence electrons. The number of phenolic OH excluding ortho intramolecular Hbond substituents is 1. The number of amides is 1. The summed E-state index contributed by atoms with van der Waals surface area (Å²) < 4.78 is 4.53. The van der Waals surface area contributed by atoms with Gasteiger partial charge in [-0.1, -0.05) is 0 Å². The number of hydrogen-bond donors (Lipinski definition) is 2. The van der Waals surface area contributed by atoms with Crippen molar-refractivity contribution in [2.24, 2.45) is 0 Å². The van der Waals surface area contributed by atoms with E-state index in [1.165, 1.54) is 50.4 Å². The molecule has 0 aliphatic carbocycles. The molecular formula is C16H14N2O6. The number of phenols is 1. The van der Waals surface area contributed by atoms with Crippen molar-refractivity contribution in [3.05, 3.63) is 63.2 Å². The van der Waals surface area contributed by atoms with E-state index in [0.29, 0.717) is 5.56 Å². The second kappa shape index (κ2) is 6.78. The highest BCUT2D eigenvalue weighted by Gasteiger charge is 2.16. The Balaban J connectivity index is 2.22. The maximum atomic E-state index is 12.2. The number of nitrogens with zero attached hydrogens (tertiary/aromatic N) is 1. The molecule has 0 aliphatic heterocycles. The Bertz CT molecular complexity index is 831. The lowest BCUT2D eigenvalue weighted by Gasteiger charge is -2.09. The van der Waals surface area contributed by atoms with Crippen molar-refractivity contribution in [1.82, 2.24) is 0 Å². The monoisotopic (exact) mass is 330 g/mol. The second-order valence-corrected chi connectivity index (χ2v) is 4.94. The molecule has 0 aromatic heterocycles. The van der Waals surface area contributed by atoms with Crippen molar-refractivity contribution in [2.45, 2.75) is 6.92 Å². The van der Waals surface area contributed by atoms with E-state index in [9.17, 15) is 24.8 Å². The largest absolute Gasteiger partial charge is 0.506 e. The summed E-state index contributed by atoms with van der Waals surface area (Å²) in [6.45, 7) is 1.53. The number of carbonyl (C=O) groups is 2. The van der Waals surface area contributed by atoms with Crippen LogP contribution in [-0.2, 0) is 4.74 Å². The van der Waals surface area contributed by atoms with Gasteiger partial charge in [-0.05, 0) is 37.3 Å². The predicted molar refractivity (Wildman–Crippen MR) is 85.2 cm³/mol. The van der Waals surface area contributed by atoms with Crippen molar-refractivity contribution >= 4 is 23.3 Å². The molecule has 2 rings (SSSR count). The number of hydrogen-bond acceptors (Lipinski definition) is 6. The maximum absolute atomic E-state index is 12.2. The molecule has 0 bridgehead atoms. The summed E-state index contributed by atoms with van der Waals surface area (Å²) in [5, 5.41) is 23.2. The van der Waals surface area contributed by atoms with Gasteiger partial charge in [0, 0.05) is 17.2 Å². The van der Waals surface area contributed by atoms with E-state index in [1.54, 1.807) is 0 Å². The fourth-order valence-corrected chi connectivity index (χ4v) is 2.08. The zero-order valence-corrected chi connectivity index (χ0v) is 12.9. The second-order valence-electron chi connectivity index (χ2n) is 4.94. The van der Waals surface area contributed by atoms with Gasteiger partial charge in [0.1, 0.15) is 5.75 Å². The molecule has 0 fully saturated rings. The van der Waals surface area contributed by atoms with Crippen LogP contribution in [-0.4, -0.2) is 29.0 Å². The third-order valence-corrected chi connectivity index (χ3v) is 3.32. The Hall–Kier alpha value is -3.42. The van der Waals surface area contributed by atoms with Crippen molar-refractivity contribution < 1.29 is 24.4 Å². The van der Waals surface area contributed by atoms with Crippen LogP contribution in [0.15, 0.2) is 36.4 Å². The maximum Gasteiger partial charge on any atom is 0.337 e. The highest BCUT2D eigenvalue weighted by atomic mass is 16.6. The Kier molecular flexibility index (Phi) is 4.78. The number of nitrogens with one attached hydrogen (secondary N) is 1. The Labute approximate surface area is 136 Å². The number of ether oxygens (including phenoxy) is 1. The molecule has 0 heterocycles. The van der Waals surface area contributed by atoms with Gasteiger partial charge in [0.15, 0.2) is 0 Å². The number of rotatable bonds is 4. The summed E-state index contributed by atoms with van der Waals surface area (Å²) in [5.41, 5.74) is 0.701. The lowest BCUT2D eigenvalue weighted by Crippen LogP contribution is -2.13. The molecule has 0 atom stereocenters. The SMILES string of the molecule is COC(=O)c1ccc(NC(=O)c2ccc([N+](=O)[O-])c(C)c2)c(O)c1. The van der Waals surface area contributed by atoms with Gasteiger partial charge in [-0.15, -0.1) is 0 Å². The fraction of sp³-hybridized carbons (Fsp3) is 0.125. The van der Waals surface area contributed by atoms with Gasteiger partial charge in [0.05, 0.1) is 23.3 Å². The van der Waals surface area contributed by atoms with Crippen LogP contribution in [0.1, 0.15) is 26.3 Å². The molecule has 8 heteroatoms. The molecule has 0 saturated heterocycles. The number of esters is 1. The molecule has 2 N–H and O–H groups in total. The van der Waals surface area contributed by atoms with Crippen LogP contribution in [0.4, 0.5) is 11.4 Å². The van der Waals surface area contributed by atoms with Crippen LogP contribution in [0.2, 0.25) is 0 Å². The quantitative estimate of drug-likeness (QED) is 0.385. The number of aryl methyl sites for hydroxylation is 1. The van der Waals surface area contributed by atoms with E-state index in [1.807, 2.05) is 0 Å². The van der Waals surface area contributed by atoms with Gasteiger partial charge >= 0.3 is 5.97 Å². The molecule has 0 saturated carbocycles. The summed E-state index contributed by atoms with van der Waals surface area (Å²) in [7, 11) is 1.21. The zero-order chi connectivity index (χ0) is 17.9.